The van der Waals surface area contributed by atoms with Crippen LogP contribution >= 0.6 is 11.6 Å². The molecule has 1 aliphatic rings. The number of esters is 1. The van der Waals surface area contributed by atoms with E-state index in [-0.39, 0.29) is 30.2 Å². The number of Topliss-reactive ketones (excluding diaryl/α,β-unsaturated/α-hetero) is 1. The third-order valence-electron chi connectivity index (χ3n) is 6.23. The Morgan fingerprint density at radius 1 is 1.25 bits per heavy atom. The van der Waals surface area contributed by atoms with Crippen LogP contribution in [0.25, 0.3) is 5.76 Å². The molecule has 1 amide bonds. The maximum atomic E-state index is 13.3. The summed E-state index contributed by atoms with van der Waals surface area (Å²) in [6.45, 7) is 6.10. The molecule has 0 radical (unpaired) electrons. The van der Waals surface area contributed by atoms with E-state index < -0.39 is 23.7 Å². The number of hydrogen-bond acceptors (Lipinski definition) is 6. The Morgan fingerprint density at radius 3 is 2.69 bits per heavy atom. The minimum atomic E-state index is -0.841. The number of benzene rings is 1. The van der Waals surface area contributed by atoms with Gasteiger partial charge in [0.05, 0.1) is 24.5 Å². The summed E-state index contributed by atoms with van der Waals surface area (Å²) >= 11 is 6.24. The number of aliphatic hydroxyl groups excluding tert-OH is 1. The normalized spacial score (nSPS) is 17.1. The van der Waals surface area contributed by atoms with Crippen molar-refractivity contribution in [2.45, 2.75) is 39.8 Å². The van der Waals surface area contributed by atoms with Crippen LogP contribution in [-0.4, -0.2) is 55.4 Å². The number of ether oxygens (including phenoxy) is 1. The van der Waals surface area contributed by atoms with Gasteiger partial charge in [0.15, 0.2) is 0 Å². The number of nitrogens with zero attached hydrogens (tertiary/aromatic N) is 3. The molecule has 2 aromatic heterocycles. The number of aliphatic hydroxyl groups is 1. The smallest absolute Gasteiger partial charge is 0.355 e. The van der Waals surface area contributed by atoms with Gasteiger partial charge in [0.25, 0.3) is 11.7 Å². The van der Waals surface area contributed by atoms with Gasteiger partial charge >= 0.3 is 5.97 Å². The fourth-order valence-electron chi connectivity index (χ4n) is 4.62. The Balaban J connectivity index is 1.79. The second-order valence-electron chi connectivity index (χ2n) is 8.55. The number of aromatic nitrogens is 3. The van der Waals surface area contributed by atoms with E-state index in [1.54, 1.807) is 57.6 Å². The van der Waals surface area contributed by atoms with Gasteiger partial charge in [0.2, 0.25) is 0 Å². The second kappa shape index (κ2) is 10.4. The highest BCUT2D eigenvalue weighted by atomic mass is 35.5. The lowest BCUT2D eigenvalue weighted by atomic mass is 9.94. The molecule has 9 nitrogen and oxygen atoms in total. The Labute approximate surface area is 213 Å². The predicted octanol–water partition coefficient (Wildman–Crippen LogP) is 4.17. The lowest BCUT2D eigenvalue weighted by Gasteiger charge is -2.25. The topological polar surface area (TPSA) is 118 Å². The van der Waals surface area contributed by atoms with Crippen LogP contribution in [0, 0.1) is 13.8 Å². The van der Waals surface area contributed by atoms with Gasteiger partial charge in [-0.25, -0.2) is 9.78 Å². The zero-order valence-corrected chi connectivity index (χ0v) is 21.0. The van der Waals surface area contributed by atoms with E-state index in [1.165, 1.54) is 4.90 Å². The van der Waals surface area contributed by atoms with Gasteiger partial charge < -0.3 is 24.3 Å². The standard InChI is InChI=1S/C26H27ClN4O5/c1-4-36-26(35)21-15(2)19(16(3)29-21)23(32)20-22(17-7-5-8-18(27)13-17)31(25(34)24(20)33)11-6-10-30-12-9-28-14-30/h5,7-9,12-14,22,29,32H,4,6,10-11H2,1-3H3/b23-20+/t22-/m1/s1. The van der Waals surface area contributed by atoms with Gasteiger partial charge in [0, 0.05) is 41.8 Å². The molecule has 0 spiro atoms. The molecular weight excluding hydrogens is 484 g/mol. The Kier molecular flexibility index (Phi) is 7.30. The number of carbonyl (C=O) groups excluding carboxylic acids is 3. The number of halogens is 1. The van der Waals surface area contributed by atoms with Gasteiger partial charge in [-0.3, -0.25) is 9.59 Å². The number of amides is 1. The van der Waals surface area contributed by atoms with Crippen LogP contribution in [-0.2, 0) is 20.9 Å². The fraction of sp³-hybridized carbons (Fsp3) is 0.308. The van der Waals surface area contributed by atoms with Crippen molar-refractivity contribution in [3.63, 3.8) is 0 Å². The molecule has 1 atom stereocenters. The summed E-state index contributed by atoms with van der Waals surface area (Å²) in [6.07, 6.45) is 5.74. The van der Waals surface area contributed by atoms with Crippen molar-refractivity contribution in [2.24, 2.45) is 0 Å². The minimum Gasteiger partial charge on any atom is -0.507 e. The number of carbonyl (C=O) groups is 3. The highest BCUT2D eigenvalue weighted by molar-refractivity contribution is 6.46. The highest BCUT2D eigenvalue weighted by Crippen LogP contribution is 2.41. The van der Waals surface area contributed by atoms with E-state index in [4.69, 9.17) is 16.3 Å². The molecule has 1 aliphatic heterocycles. The number of ketones is 1. The quantitative estimate of drug-likeness (QED) is 0.203. The van der Waals surface area contributed by atoms with Crippen molar-refractivity contribution < 1.29 is 24.2 Å². The number of nitrogens with one attached hydrogen (secondary N) is 1. The molecule has 1 fully saturated rings. The van der Waals surface area contributed by atoms with Crippen molar-refractivity contribution in [3.05, 3.63) is 81.7 Å². The SMILES string of the molecule is CCOC(=O)c1[nH]c(C)c(/C(O)=C2\C(=O)C(=O)N(CCCn3ccnc3)[C@@H]2c2cccc(Cl)c2)c1C. The first-order valence-corrected chi connectivity index (χ1v) is 12.0. The number of rotatable bonds is 8. The van der Waals surface area contributed by atoms with Gasteiger partial charge in [-0.15, -0.1) is 0 Å². The first-order chi connectivity index (χ1) is 17.2. The summed E-state index contributed by atoms with van der Waals surface area (Å²) in [5, 5.41) is 11.9. The molecule has 1 aromatic carbocycles. The van der Waals surface area contributed by atoms with Crippen LogP contribution in [0.4, 0.5) is 0 Å². The van der Waals surface area contributed by atoms with Gasteiger partial charge in [0.1, 0.15) is 11.5 Å². The molecule has 10 heteroatoms. The molecule has 3 heterocycles. The maximum absolute atomic E-state index is 13.3. The van der Waals surface area contributed by atoms with Crippen molar-refractivity contribution in [1.29, 1.82) is 0 Å². The van der Waals surface area contributed by atoms with Crippen LogP contribution in [0.5, 0.6) is 0 Å². The van der Waals surface area contributed by atoms with Crippen LogP contribution < -0.4 is 0 Å². The van der Waals surface area contributed by atoms with E-state index in [2.05, 4.69) is 9.97 Å². The lowest BCUT2D eigenvalue weighted by molar-refractivity contribution is -0.139. The van der Waals surface area contributed by atoms with E-state index in [0.29, 0.717) is 40.4 Å². The summed E-state index contributed by atoms with van der Waals surface area (Å²) in [7, 11) is 0. The van der Waals surface area contributed by atoms with E-state index in [9.17, 15) is 19.5 Å². The molecular formula is C26H27ClN4O5. The molecule has 1 saturated heterocycles. The van der Waals surface area contributed by atoms with Crippen molar-refractivity contribution in [3.8, 4) is 0 Å². The Morgan fingerprint density at radius 2 is 2.03 bits per heavy atom. The number of aromatic amines is 1. The summed E-state index contributed by atoms with van der Waals surface area (Å²) in [5.41, 5.74) is 1.93. The molecule has 0 unspecified atom stereocenters. The average Bonchev–Trinajstić information content (AvgIpc) is 3.52. The molecule has 36 heavy (non-hydrogen) atoms. The summed E-state index contributed by atoms with van der Waals surface area (Å²) in [5.74, 6) is -2.41. The zero-order chi connectivity index (χ0) is 26.0. The third-order valence-corrected chi connectivity index (χ3v) is 6.47. The van der Waals surface area contributed by atoms with E-state index in [0.717, 1.165) is 0 Å². The molecule has 4 rings (SSSR count). The lowest BCUT2D eigenvalue weighted by Crippen LogP contribution is -2.31. The molecule has 0 bridgehead atoms. The Hall–Kier alpha value is -3.85. The molecule has 188 valence electrons. The number of H-pyrrole nitrogens is 1. The van der Waals surface area contributed by atoms with Crippen LogP contribution in [0.15, 0.2) is 48.6 Å². The molecule has 3 aromatic rings. The number of likely N-dealkylation sites (tertiary alicyclic amines) is 1. The summed E-state index contributed by atoms with van der Waals surface area (Å²) < 4.78 is 6.98. The number of imidazole rings is 1. The van der Waals surface area contributed by atoms with Crippen molar-refractivity contribution in [2.75, 3.05) is 13.2 Å². The van der Waals surface area contributed by atoms with Crippen LogP contribution in [0.1, 0.15) is 52.3 Å². The maximum Gasteiger partial charge on any atom is 0.355 e. The van der Waals surface area contributed by atoms with Gasteiger partial charge in [-0.1, -0.05) is 23.7 Å². The molecule has 0 aliphatic carbocycles. The molecule has 0 saturated carbocycles. The van der Waals surface area contributed by atoms with Crippen LogP contribution in [0.2, 0.25) is 5.02 Å². The fourth-order valence-corrected chi connectivity index (χ4v) is 4.82. The summed E-state index contributed by atoms with van der Waals surface area (Å²) in [4.78, 5) is 47.3. The molecule has 2 N–H and O–H groups in total. The van der Waals surface area contributed by atoms with Crippen LogP contribution in [0.3, 0.4) is 0 Å². The van der Waals surface area contributed by atoms with Crippen molar-refractivity contribution in [1.82, 2.24) is 19.4 Å². The number of aryl methyl sites for hydroxylation is 2. The first kappa shape index (κ1) is 25.2. The van der Waals surface area contributed by atoms with Gasteiger partial charge in [-0.2, -0.15) is 0 Å². The van der Waals surface area contributed by atoms with Gasteiger partial charge in [-0.05, 0) is 50.5 Å². The average molecular weight is 511 g/mol. The first-order valence-electron chi connectivity index (χ1n) is 11.6. The Bertz CT molecular complexity index is 1340. The minimum absolute atomic E-state index is 0.0505. The largest absolute Gasteiger partial charge is 0.507 e. The van der Waals surface area contributed by atoms with E-state index >= 15 is 0 Å². The summed E-state index contributed by atoms with van der Waals surface area (Å²) in [6, 6.07) is 6.03. The van der Waals surface area contributed by atoms with Crippen molar-refractivity contribution >= 4 is 35.0 Å². The third kappa shape index (κ3) is 4.66. The second-order valence-corrected chi connectivity index (χ2v) is 8.98. The van der Waals surface area contributed by atoms with E-state index in [1.807, 2.05) is 10.8 Å². The predicted molar refractivity (Wildman–Crippen MR) is 134 cm³/mol. The zero-order valence-electron chi connectivity index (χ0n) is 20.2. The number of hydrogen-bond donors (Lipinski definition) is 2. The monoisotopic (exact) mass is 510 g/mol. The highest BCUT2D eigenvalue weighted by Gasteiger charge is 2.46.